The molecule has 0 saturated carbocycles. The molecule has 1 aromatic rings. The van der Waals surface area contributed by atoms with Crippen LogP contribution in [0.3, 0.4) is 0 Å². The van der Waals surface area contributed by atoms with Crippen molar-refractivity contribution in [2.75, 3.05) is 11.5 Å². The number of esters is 1. The number of ether oxygens (including phenoxy) is 2. The molecule has 26 heavy (non-hydrogen) atoms. The van der Waals surface area contributed by atoms with Gasteiger partial charge in [0.05, 0.1) is 30.4 Å². The second kappa shape index (κ2) is 7.03. The van der Waals surface area contributed by atoms with Crippen molar-refractivity contribution < 1.29 is 23.9 Å². The second-order valence-electron chi connectivity index (χ2n) is 7.08. The Morgan fingerprint density at radius 3 is 2.31 bits per heavy atom. The first-order valence-electron chi connectivity index (χ1n) is 8.79. The monoisotopic (exact) mass is 357 g/mol. The summed E-state index contributed by atoms with van der Waals surface area (Å²) in [4.78, 5) is 36.4. The van der Waals surface area contributed by atoms with Gasteiger partial charge in [0, 0.05) is 24.5 Å². The number of hydrogen-bond donors (Lipinski definition) is 0. The summed E-state index contributed by atoms with van der Waals surface area (Å²) in [6.45, 7) is 6.55. The molecule has 0 N–H and O–H groups in total. The average Bonchev–Trinajstić information content (AvgIpc) is 2.94. The Morgan fingerprint density at radius 2 is 1.77 bits per heavy atom. The van der Waals surface area contributed by atoms with E-state index in [1.54, 1.807) is 24.3 Å². The smallest absolute Gasteiger partial charge is 0.310 e. The molecule has 2 amide bonds. The van der Waals surface area contributed by atoms with Gasteiger partial charge in [0.15, 0.2) is 0 Å². The van der Waals surface area contributed by atoms with E-state index in [2.05, 4.69) is 6.92 Å². The van der Waals surface area contributed by atoms with Gasteiger partial charge in [-0.25, -0.2) is 4.90 Å². The molecule has 2 heterocycles. The predicted octanol–water partition coefficient (Wildman–Crippen LogP) is 2.41. The summed E-state index contributed by atoms with van der Waals surface area (Å²) in [5, 5.41) is 0. The maximum Gasteiger partial charge on any atom is 0.310 e. The highest BCUT2D eigenvalue weighted by Gasteiger charge is 2.46. The normalized spacial score (nSPS) is 27.6. The number of benzene rings is 1. The molecular formula is C20H23NO5. The highest BCUT2D eigenvalue weighted by molar-refractivity contribution is 6.28. The van der Waals surface area contributed by atoms with Crippen LogP contribution >= 0.6 is 0 Å². The van der Waals surface area contributed by atoms with Crippen LogP contribution in [0.15, 0.2) is 36.4 Å². The summed E-state index contributed by atoms with van der Waals surface area (Å²) in [6, 6.07) is 6.74. The van der Waals surface area contributed by atoms with Gasteiger partial charge in [0.25, 0.3) is 11.8 Å². The van der Waals surface area contributed by atoms with Crippen LogP contribution in [-0.2, 0) is 30.3 Å². The van der Waals surface area contributed by atoms with Gasteiger partial charge >= 0.3 is 5.97 Å². The van der Waals surface area contributed by atoms with Crippen LogP contribution < -0.4 is 4.90 Å². The maximum atomic E-state index is 12.0. The molecule has 6 heteroatoms. The fourth-order valence-electron chi connectivity index (χ4n) is 3.35. The van der Waals surface area contributed by atoms with E-state index in [9.17, 15) is 14.4 Å². The standard InChI is InChI=1S/C20H23NO5/c1-13-14(2)26-20(13,3)10-11-25-19(24)12-15-4-6-16(7-5-15)21-17(22)8-9-18(21)23/h4-9,13-14H,10-12H2,1-3H3. The third kappa shape index (κ3) is 3.55. The Labute approximate surface area is 152 Å². The van der Waals surface area contributed by atoms with Gasteiger partial charge in [-0.2, -0.15) is 0 Å². The zero-order valence-electron chi connectivity index (χ0n) is 15.2. The number of carbonyl (C=O) groups excluding carboxylic acids is 3. The van der Waals surface area contributed by atoms with E-state index in [0.717, 1.165) is 10.5 Å². The molecule has 0 aromatic heterocycles. The minimum absolute atomic E-state index is 0.143. The van der Waals surface area contributed by atoms with Gasteiger partial charge in [-0.05, 0) is 31.5 Å². The van der Waals surface area contributed by atoms with Crippen LogP contribution in [0.1, 0.15) is 32.8 Å². The van der Waals surface area contributed by atoms with Gasteiger partial charge in [0.2, 0.25) is 0 Å². The molecule has 0 radical (unpaired) electrons. The highest BCUT2D eigenvalue weighted by Crippen LogP contribution is 2.40. The Balaban J connectivity index is 1.48. The zero-order chi connectivity index (χ0) is 18.9. The first-order chi connectivity index (χ1) is 12.3. The lowest BCUT2D eigenvalue weighted by Gasteiger charge is -2.50. The van der Waals surface area contributed by atoms with Crippen molar-refractivity contribution >= 4 is 23.5 Å². The van der Waals surface area contributed by atoms with Crippen LogP contribution in [0.5, 0.6) is 0 Å². The van der Waals surface area contributed by atoms with Gasteiger partial charge < -0.3 is 9.47 Å². The van der Waals surface area contributed by atoms with E-state index in [1.807, 2.05) is 13.8 Å². The summed E-state index contributed by atoms with van der Waals surface area (Å²) in [7, 11) is 0. The first kappa shape index (κ1) is 18.3. The third-order valence-electron chi connectivity index (χ3n) is 5.34. The molecule has 3 unspecified atom stereocenters. The Bertz CT molecular complexity index is 736. The van der Waals surface area contributed by atoms with Crippen LogP contribution in [-0.4, -0.2) is 36.1 Å². The Hall–Kier alpha value is -2.47. The van der Waals surface area contributed by atoms with Gasteiger partial charge in [-0.15, -0.1) is 0 Å². The van der Waals surface area contributed by atoms with E-state index in [1.165, 1.54) is 12.2 Å². The van der Waals surface area contributed by atoms with E-state index in [-0.39, 0.29) is 35.9 Å². The molecule has 1 saturated heterocycles. The maximum absolute atomic E-state index is 12.0. The van der Waals surface area contributed by atoms with E-state index >= 15 is 0 Å². The van der Waals surface area contributed by atoms with Crippen LogP contribution in [0.4, 0.5) is 5.69 Å². The minimum atomic E-state index is -0.364. The van der Waals surface area contributed by atoms with Crippen LogP contribution in [0.25, 0.3) is 0 Å². The van der Waals surface area contributed by atoms with Crippen molar-refractivity contribution in [2.24, 2.45) is 5.92 Å². The van der Waals surface area contributed by atoms with Crippen LogP contribution in [0, 0.1) is 5.92 Å². The molecule has 3 atom stereocenters. The number of amides is 2. The van der Waals surface area contributed by atoms with Crippen molar-refractivity contribution in [3.63, 3.8) is 0 Å². The Morgan fingerprint density at radius 1 is 1.15 bits per heavy atom. The van der Waals surface area contributed by atoms with E-state index < -0.39 is 0 Å². The summed E-state index contributed by atoms with van der Waals surface area (Å²) >= 11 is 0. The van der Waals surface area contributed by atoms with Crippen molar-refractivity contribution in [1.82, 2.24) is 0 Å². The molecule has 2 aliphatic heterocycles. The fraction of sp³-hybridized carbons (Fsp3) is 0.450. The lowest BCUT2D eigenvalue weighted by molar-refractivity contribution is -0.243. The number of hydrogen-bond acceptors (Lipinski definition) is 5. The van der Waals surface area contributed by atoms with Crippen LogP contribution in [0.2, 0.25) is 0 Å². The van der Waals surface area contributed by atoms with Gasteiger partial charge in [-0.1, -0.05) is 19.1 Å². The topological polar surface area (TPSA) is 72.9 Å². The zero-order valence-corrected chi connectivity index (χ0v) is 15.2. The summed E-state index contributed by atoms with van der Waals surface area (Å²) in [6.07, 6.45) is 3.54. The SMILES string of the molecule is CC1OC(C)(CCOC(=O)Cc2ccc(N3C(=O)C=CC3=O)cc2)C1C. The van der Waals surface area contributed by atoms with E-state index in [0.29, 0.717) is 24.6 Å². The molecule has 6 nitrogen and oxygen atoms in total. The number of imide groups is 1. The van der Waals surface area contributed by atoms with E-state index in [4.69, 9.17) is 9.47 Å². The molecule has 0 bridgehead atoms. The molecule has 3 rings (SSSR count). The number of carbonyl (C=O) groups is 3. The molecule has 138 valence electrons. The number of anilines is 1. The lowest BCUT2D eigenvalue weighted by atomic mass is 9.78. The average molecular weight is 357 g/mol. The summed E-state index contributed by atoms with van der Waals surface area (Å²) in [5.41, 5.74) is 1.03. The Kier molecular flexibility index (Phi) is 4.96. The minimum Gasteiger partial charge on any atom is -0.465 e. The van der Waals surface area contributed by atoms with Gasteiger partial charge in [-0.3, -0.25) is 14.4 Å². The first-order valence-corrected chi connectivity index (χ1v) is 8.79. The molecule has 1 fully saturated rings. The fourth-order valence-corrected chi connectivity index (χ4v) is 3.35. The molecule has 1 aromatic carbocycles. The molecule has 2 aliphatic rings. The van der Waals surface area contributed by atoms with Crippen molar-refractivity contribution in [3.8, 4) is 0 Å². The lowest BCUT2D eigenvalue weighted by Crippen LogP contribution is -2.56. The van der Waals surface area contributed by atoms with Crippen molar-refractivity contribution in [3.05, 3.63) is 42.0 Å². The largest absolute Gasteiger partial charge is 0.465 e. The second-order valence-corrected chi connectivity index (χ2v) is 7.08. The third-order valence-corrected chi connectivity index (χ3v) is 5.34. The molecule has 0 spiro atoms. The van der Waals surface area contributed by atoms with Crippen molar-refractivity contribution in [2.45, 2.75) is 45.3 Å². The number of rotatable bonds is 6. The quantitative estimate of drug-likeness (QED) is 0.577. The molecular weight excluding hydrogens is 334 g/mol. The summed E-state index contributed by atoms with van der Waals surface area (Å²) < 4.78 is 11.1. The number of nitrogens with zero attached hydrogens (tertiary/aromatic N) is 1. The van der Waals surface area contributed by atoms with Gasteiger partial charge in [0.1, 0.15) is 0 Å². The van der Waals surface area contributed by atoms with Crippen molar-refractivity contribution in [1.29, 1.82) is 0 Å². The highest BCUT2D eigenvalue weighted by atomic mass is 16.5. The predicted molar refractivity (Wildman–Crippen MR) is 95.5 cm³/mol. The summed E-state index contributed by atoms with van der Waals surface area (Å²) in [5.74, 6) is -0.592. The molecule has 0 aliphatic carbocycles.